The highest BCUT2D eigenvalue weighted by molar-refractivity contribution is 7.89. The summed E-state index contributed by atoms with van der Waals surface area (Å²) in [7, 11) is -3.56. The van der Waals surface area contributed by atoms with Gasteiger partial charge in [0.05, 0.1) is 4.90 Å². The van der Waals surface area contributed by atoms with Crippen LogP contribution in [0.15, 0.2) is 53.4 Å². The van der Waals surface area contributed by atoms with Gasteiger partial charge in [0.1, 0.15) is 11.6 Å². The highest BCUT2D eigenvalue weighted by Gasteiger charge is 2.23. The van der Waals surface area contributed by atoms with Gasteiger partial charge in [-0.3, -0.25) is 4.79 Å². The van der Waals surface area contributed by atoms with Crippen LogP contribution in [0.5, 0.6) is 5.75 Å². The zero-order chi connectivity index (χ0) is 23.3. The number of nitrogens with zero attached hydrogens (tertiary/aromatic N) is 2. The number of ether oxygens (including phenoxy) is 1. The Hall–Kier alpha value is -2.65. The van der Waals surface area contributed by atoms with Crippen LogP contribution >= 0.6 is 0 Å². The number of hydrogen-bond donors (Lipinski definition) is 1. The van der Waals surface area contributed by atoms with Crippen LogP contribution in [0.25, 0.3) is 0 Å². The van der Waals surface area contributed by atoms with E-state index in [0.717, 1.165) is 37.8 Å². The Balaban J connectivity index is 1.24. The van der Waals surface area contributed by atoms with E-state index in [9.17, 15) is 17.6 Å². The summed E-state index contributed by atoms with van der Waals surface area (Å²) in [6, 6.07) is 12.5. The van der Waals surface area contributed by atoms with Crippen LogP contribution in [0.1, 0.15) is 32.1 Å². The van der Waals surface area contributed by atoms with Crippen molar-refractivity contribution in [3.63, 3.8) is 0 Å². The number of halogens is 1. The van der Waals surface area contributed by atoms with Crippen LogP contribution in [0, 0.1) is 5.82 Å². The number of piperazine rings is 1. The van der Waals surface area contributed by atoms with E-state index in [1.54, 1.807) is 29.2 Å². The maximum atomic E-state index is 13.1. The van der Waals surface area contributed by atoms with Gasteiger partial charge < -0.3 is 14.5 Å². The van der Waals surface area contributed by atoms with Crippen molar-refractivity contribution in [1.29, 1.82) is 0 Å². The Kier molecular flexibility index (Phi) is 7.49. The molecule has 0 unspecified atom stereocenters. The topological polar surface area (TPSA) is 78.9 Å². The first-order chi connectivity index (χ1) is 15.9. The number of nitrogens with one attached hydrogen (secondary N) is 1. The van der Waals surface area contributed by atoms with Gasteiger partial charge in [0, 0.05) is 37.9 Å². The van der Waals surface area contributed by atoms with E-state index in [2.05, 4.69) is 9.62 Å². The maximum Gasteiger partial charge on any atom is 0.260 e. The van der Waals surface area contributed by atoms with E-state index in [1.165, 1.54) is 24.3 Å². The molecule has 1 N–H and O–H groups in total. The highest BCUT2D eigenvalue weighted by atomic mass is 32.2. The number of carbonyl (C=O) groups is 1. The molecule has 9 heteroatoms. The average molecular weight is 476 g/mol. The molecule has 33 heavy (non-hydrogen) atoms. The first kappa shape index (κ1) is 23.5. The van der Waals surface area contributed by atoms with E-state index in [1.807, 2.05) is 0 Å². The summed E-state index contributed by atoms with van der Waals surface area (Å²) >= 11 is 0. The molecule has 7 nitrogen and oxygen atoms in total. The molecule has 0 spiro atoms. The Labute approximate surface area is 194 Å². The van der Waals surface area contributed by atoms with E-state index in [4.69, 9.17) is 4.74 Å². The molecule has 2 aromatic rings. The number of anilines is 1. The lowest BCUT2D eigenvalue weighted by Gasteiger charge is -2.36. The monoisotopic (exact) mass is 475 g/mol. The molecule has 2 fully saturated rings. The molecule has 4 rings (SSSR count). The lowest BCUT2D eigenvalue weighted by Crippen LogP contribution is -2.50. The van der Waals surface area contributed by atoms with Crippen molar-refractivity contribution in [2.24, 2.45) is 0 Å². The third-order valence-corrected chi connectivity index (χ3v) is 7.78. The van der Waals surface area contributed by atoms with E-state index in [-0.39, 0.29) is 29.3 Å². The SMILES string of the molecule is O=C(COc1ccc(S(=O)(=O)NC2CCCCC2)cc1)N1CCN(c2ccc(F)cc2)CC1. The second-order valence-corrected chi connectivity index (χ2v) is 10.3. The minimum Gasteiger partial charge on any atom is -0.484 e. The molecular formula is C24H30FN3O4S. The van der Waals surface area contributed by atoms with Crippen molar-refractivity contribution in [1.82, 2.24) is 9.62 Å². The fourth-order valence-electron chi connectivity index (χ4n) is 4.33. The molecule has 178 valence electrons. The van der Waals surface area contributed by atoms with Crippen molar-refractivity contribution in [3.8, 4) is 5.75 Å². The van der Waals surface area contributed by atoms with Crippen molar-refractivity contribution < 1.29 is 22.3 Å². The van der Waals surface area contributed by atoms with Gasteiger partial charge in [0.25, 0.3) is 5.91 Å². The normalized spacial score (nSPS) is 17.7. The molecule has 0 bridgehead atoms. The molecule has 1 saturated heterocycles. The van der Waals surface area contributed by atoms with Gasteiger partial charge in [-0.25, -0.2) is 17.5 Å². The summed E-state index contributed by atoms with van der Waals surface area (Å²) < 4.78 is 46.7. The molecule has 0 atom stereocenters. The number of benzene rings is 2. The van der Waals surface area contributed by atoms with Crippen LogP contribution < -0.4 is 14.4 Å². The minimum atomic E-state index is -3.56. The molecular weight excluding hydrogens is 445 g/mol. The van der Waals surface area contributed by atoms with Gasteiger partial charge >= 0.3 is 0 Å². The molecule has 1 aliphatic heterocycles. The number of sulfonamides is 1. The van der Waals surface area contributed by atoms with Gasteiger partial charge in [-0.15, -0.1) is 0 Å². The summed E-state index contributed by atoms with van der Waals surface area (Å²) in [6.45, 7) is 2.34. The summed E-state index contributed by atoms with van der Waals surface area (Å²) in [5.74, 6) is 0.0603. The first-order valence-electron chi connectivity index (χ1n) is 11.4. The fraction of sp³-hybridized carbons (Fsp3) is 0.458. The maximum absolute atomic E-state index is 13.1. The summed E-state index contributed by atoms with van der Waals surface area (Å²) in [5.41, 5.74) is 0.938. The Bertz CT molecular complexity index is 1030. The van der Waals surface area contributed by atoms with Crippen molar-refractivity contribution in [2.75, 3.05) is 37.7 Å². The van der Waals surface area contributed by atoms with Crippen LogP contribution in [0.4, 0.5) is 10.1 Å². The minimum absolute atomic E-state index is 0.000761. The smallest absolute Gasteiger partial charge is 0.260 e. The number of carbonyl (C=O) groups excluding carboxylic acids is 1. The van der Waals surface area contributed by atoms with E-state index >= 15 is 0 Å². The average Bonchev–Trinajstić information content (AvgIpc) is 2.84. The predicted octanol–water partition coefficient (Wildman–Crippen LogP) is 3.16. The fourth-order valence-corrected chi connectivity index (χ4v) is 5.63. The van der Waals surface area contributed by atoms with E-state index in [0.29, 0.717) is 31.9 Å². The Morgan fingerprint density at radius 1 is 0.939 bits per heavy atom. The van der Waals surface area contributed by atoms with Gasteiger partial charge in [-0.1, -0.05) is 19.3 Å². The number of rotatable bonds is 7. The molecule has 0 aromatic heterocycles. The molecule has 1 amide bonds. The number of hydrogen-bond acceptors (Lipinski definition) is 5. The third kappa shape index (κ3) is 6.23. The first-order valence-corrected chi connectivity index (χ1v) is 12.9. The molecule has 1 aliphatic carbocycles. The Morgan fingerprint density at radius 2 is 1.58 bits per heavy atom. The van der Waals surface area contributed by atoms with Crippen molar-refractivity contribution in [2.45, 2.75) is 43.0 Å². The lowest BCUT2D eigenvalue weighted by atomic mass is 9.96. The largest absolute Gasteiger partial charge is 0.484 e. The molecule has 2 aromatic carbocycles. The van der Waals surface area contributed by atoms with Gasteiger partial charge in [-0.2, -0.15) is 0 Å². The van der Waals surface area contributed by atoms with Gasteiger partial charge in [0.2, 0.25) is 10.0 Å². The molecule has 2 aliphatic rings. The van der Waals surface area contributed by atoms with Crippen LogP contribution in [-0.2, 0) is 14.8 Å². The standard InChI is InChI=1S/C24H30FN3O4S/c25-19-6-8-21(9-7-19)27-14-16-28(17-15-27)24(29)18-32-22-10-12-23(13-11-22)33(30,31)26-20-4-2-1-3-5-20/h6-13,20,26H,1-5,14-18H2. The van der Waals surface area contributed by atoms with Gasteiger partial charge in [-0.05, 0) is 61.4 Å². The summed E-state index contributed by atoms with van der Waals surface area (Å²) in [6.07, 6.45) is 5.01. The van der Waals surface area contributed by atoms with Crippen molar-refractivity contribution >= 4 is 21.6 Å². The van der Waals surface area contributed by atoms with Gasteiger partial charge in [0.15, 0.2) is 6.61 Å². The summed E-state index contributed by atoms with van der Waals surface area (Å²) in [4.78, 5) is 16.6. The van der Waals surface area contributed by atoms with Crippen molar-refractivity contribution in [3.05, 3.63) is 54.3 Å². The molecule has 0 radical (unpaired) electrons. The zero-order valence-electron chi connectivity index (χ0n) is 18.6. The number of amides is 1. The highest BCUT2D eigenvalue weighted by Crippen LogP contribution is 2.22. The van der Waals surface area contributed by atoms with Crippen LogP contribution in [0.3, 0.4) is 0 Å². The molecule has 1 heterocycles. The Morgan fingerprint density at radius 3 is 2.21 bits per heavy atom. The predicted molar refractivity (Wildman–Crippen MR) is 124 cm³/mol. The summed E-state index contributed by atoms with van der Waals surface area (Å²) in [5, 5.41) is 0. The van der Waals surface area contributed by atoms with E-state index < -0.39 is 10.0 Å². The zero-order valence-corrected chi connectivity index (χ0v) is 19.4. The quantitative estimate of drug-likeness (QED) is 0.666. The second kappa shape index (κ2) is 10.5. The van der Waals surface area contributed by atoms with Crippen LogP contribution in [0.2, 0.25) is 0 Å². The lowest BCUT2D eigenvalue weighted by molar-refractivity contribution is -0.133. The molecule has 1 saturated carbocycles. The second-order valence-electron chi connectivity index (χ2n) is 8.56. The third-order valence-electron chi connectivity index (χ3n) is 6.25. The van der Waals surface area contributed by atoms with Crippen LogP contribution in [-0.4, -0.2) is 58.1 Å².